The molecule has 5 aromatic rings. The quantitative estimate of drug-likeness (QED) is 0.252. The van der Waals surface area contributed by atoms with Crippen molar-refractivity contribution in [3.05, 3.63) is 83.9 Å². The third-order valence-electron chi connectivity index (χ3n) is 5.00. The zero-order valence-electron chi connectivity index (χ0n) is 14.9. The second kappa shape index (κ2) is 6.25. The number of H-pyrrole nitrogens is 1. The molecule has 0 fully saturated rings. The van der Waals surface area contributed by atoms with Gasteiger partial charge in [0, 0.05) is 5.56 Å². The lowest BCUT2D eigenvalue weighted by Gasteiger charge is -2.11. The Bertz CT molecular complexity index is 1220. The number of imidazole rings is 1. The minimum Gasteiger partial charge on any atom is -0.323 e. The molecule has 27 heavy (non-hydrogen) atoms. The van der Waals surface area contributed by atoms with Crippen molar-refractivity contribution in [3.63, 3.8) is 0 Å². The van der Waals surface area contributed by atoms with Gasteiger partial charge in [0.15, 0.2) is 0 Å². The van der Waals surface area contributed by atoms with Crippen LogP contribution in [-0.2, 0) is 0 Å². The molecule has 5 rings (SSSR count). The van der Waals surface area contributed by atoms with Crippen molar-refractivity contribution in [1.82, 2.24) is 9.97 Å². The summed E-state index contributed by atoms with van der Waals surface area (Å²) < 4.78 is 0. The monoisotopic (exact) mass is 350 g/mol. The third kappa shape index (κ3) is 2.62. The fourth-order valence-electron chi connectivity index (χ4n) is 3.68. The molecule has 0 spiro atoms. The number of fused-ring (bicyclic) bond motifs is 3. The summed E-state index contributed by atoms with van der Waals surface area (Å²) in [5.74, 6) is 0.633. The molecule has 0 unspecified atom stereocenters. The summed E-state index contributed by atoms with van der Waals surface area (Å²) in [4.78, 5) is 7.73. The highest BCUT2D eigenvalue weighted by molar-refractivity contribution is 6.15. The van der Waals surface area contributed by atoms with Crippen LogP contribution in [0, 0.1) is 6.92 Å². The van der Waals surface area contributed by atoms with Gasteiger partial charge in [0.25, 0.3) is 0 Å². The van der Waals surface area contributed by atoms with Crippen LogP contribution in [0.25, 0.3) is 32.6 Å². The Morgan fingerprint density at radius 1 is 0.815 bits per heavy atom. The topological polar surface area (TPSA) is 53.1 Å². The first-order valence-corrected chi connectivity index (χ1v) is 8.95. The average molecular weight is 350 g/mol. The molecule has 0 bridgehead atoms. The van der Waals surface area contributed by atoms with Crippen LogP contribution in [0.3, 0.4) is 0 Å². The Morgan fingerprint density at radius 2 is 1.41 bits per heavy atom. The van der Waals surface area contributed by atoms with Gasteiger partial charge in [-0.3, -0.25) is 0 Å². The fourth-order valence-corrected chi connectivity index (χ4v) is 3.68. The lowest BCUT2D eigenvalue weighted by atomic mass is 9.93. The van der Waals surface area contributed by atoms with Crippen molar-refractivity contribution in [2.24, 2.45) is 5.10 Å². The lowest BCUT2D eigenvalue weighted by molar-refractivity contribution is 1.22. The summed E-state index contributed by atoms with van der Waals surface area (Å²) in [7, 11) is 0. The molecule has 130 valence electrons. The van der Waals surface area contributed by atoms with Crippen LogP contribution >= 0.6 is 0 Å². The minimum atomic E-state index is 0.633. The smallest absolute Gasteiger partial charge is 0.222 e. The van der Waals surface area contributed by atoms with Crippen molar-refractivity contribution in [2.45, 2.75) is 6.92 Å². The Kier molecular flexibility index (Phi) is 3.61. The van der Waals surface area contributed by atoms with Gasteiger partial charge in [0.05, 0.1) is 17.2 Å². The van der Waals surface area contributed by atoms with Crippen molar-refractivity contribution in [1.29, 1.82) is 0 Å². The molecule has 4 aromatic carbocycles. The number of nitrogens with zero attached hydrogens (tertiary/aromatic N) is 2. The molecule has 0 atom stereocenters. The SMILES string of the molecule is Cc1c2ccccc2c(/C=N\Nc2nc3ccccc3[nH]2)c2ccccc12. The number of aryl methyl sites for hydroxylation is 1. The molecular formula is C23H18N4. The van der Waals surface area contributed by atoms with Crippen molar-refractivity contribution in [3.8, 4) is 0 Å². The first-order chi connectivity index (χ1) is 13.3. The average Bonchev–Trinajstić information content (AvgIpc) is 3.13. The maximum atomic E-state index is 4.50. The van der Waals surface area contributed by atoms with Gasteiger partial charge in [-0.15, -0.1) is 0 Å². The van der Waals surface area contributed by atoms with E-state index in [1.165, 1.54) is 27.1 Å². The predicted molar refractivity (Wildman–Crippen MR) is 114 cm³/mol. The first kappa shape index (κ1) is 15.6. The number of rotatable bonds is 3. The standard InChI is InChI=1S/C23H18N4/c1-15-16-8-2-4-10-18(16)20(19-11-5-3-9-17(15)19)14-24-27-23-25-21-12-6-7-13-22(21)26-23/h2-14H,1H3,(H2,25,26,27)/b24-14-. The molecule has 0 aliphatic heterocycles. The van der Waals surface area contributed by atoms with Gasteiger partial charge in [0.1, 0.15) is 0 Å². The van der Waals surface area contributed by atoms with E-state index >= 15 is 0 Å². The molecule has 0 aliphatic carbocycles. The number of benzene rings is 4. The fraction of sp³-hybridized carbons (Fsp3) is 0.0435. The van der Waals surface area contributed by atoms with Gasteiger partial charge in [-0.25, -0.2) is 10.4 Å². The van der Waals surface area contributed by atoms with E-state index < -0.39 is 0 Å². The Labute approximate surface area is 156 Å². The highest BCUT2D eigenvalue weighted by atomic mass is 15.3. The van der Waals surface area contributed by atoms with Crippen LogP contribution in [0.15, 0.2) is 77.9 Å². The summed E-state index contributed by atoms with van der Waals surface area (Å²) in [6.07, 6.45) is 1.89. The first-order valence-electron chi connectivity index (χ1n) is 8.95. The molecule has 0 amide bonds. The van der Waals surface area contributed by atoms with Crippen LogP contribution in [0.2, 0.25) is 0 Å². The van der Waals surface area contributed by atoms with Crippen LogP contribution in [-0.4, -0.2) is 16.2 Å². The van der Waals surface area contributed by atoms with Gasteiger partial charge >= 0.3 is 0 Å². The van der Waals surface area contributed by atoms with Gasteiger partial charge in [0.2, 0.25) is 5.95 Å². The van der Waals surface area contributed by atoms with Crippen molar-refractivity contribution in [2.75, 3.05) is 5.43 Å². The number of hydrogen-bond acceptors (Lipinski definition) is 3. The molecular weight excluding hydrogens is 332 g/mol. The van der Waals surface area contributed by atoms with E-state index in [1.807, 2.05) is 30.5 Å². The summed E-state index contributed by atoms with van der Waals surface area (Å²) in [6.45, 7) is 2.18. The van der Waals surface area contributed by atoms with E-state index in [1.54, 1.807) is 0 Å². The summed E-state index contributed by atoms with van der Waals surface area (Å²) in [6, 6.07) is 24.9. The Hall–Kier alpha value is -3.66. The van der Waals surface area contributed by atoms with Crippen LogP contribution in [0.1, 0.15) is 11.1 Å². The summed E-state index contributed by atoms with van der Waals surface area (Å²) >= 11 is 0. The van der Waals surface area contributed by atoms with Crippen molar-refractivity contribution >= 4 is 44.7 Å². The van der Waals surface area contributed by atoms with E-state index in [4.69, 9.17) is 0 Å². The summed E-state index contributed by atoms with van der Waals surface area (Å²) in [5.41, 5.74) is 7.34. The van der Waals surface area contributed by atoms with E-state index in [9.17, 15) is 0 Å². The normalized spacial score (nSPS) is 11.7. The third-order valence-corrected chi connectivity index (χ3v) is 5.00. The molecule has 2 N–H and O–H groups in total. The van der Waals surface area contributed by atoms with Crippen LogP contribution in [0.4, 0.5) is 5.95 Å². The molecule has 0 radical (unpaired) electrons. The second-order valence-electron chi connectivity index (χ2n) is 6.60. The van der Waals surface area contributed by atoms with Gasteiger partial charge in [-0.05, 0) is 46.2 Å². The zero-order valence-corrected chi connectivity index (χ0v) is 14.9. The maximum absolute atomic E-state index is 4.50. The van der Waals surface area contributed by atoms with E-state index in [-0.39, 0.29) is 0 Å². The largest absolute Gasteiger partial charge is 0.323 e. The Morgan fingerprint density at radius 3 is 2.07 bits per heavy atom. The zero-order chi connectivity index (χ0) is 18.2. The number of para-hydroxylation sites is 2. The van der Waals surface area contributed by atoms with E-state index in [0.717, 1.165) is 16.6 Å². The van der Waals surface area contributed by atoms with Gasteiger partial charge in [-0.2, -0.15) is 5.10 Å². The van der Waals surface area contributed by atoms with Gasteiger partial charge in [-0.1, -0.05) is 60.7 Å². The summed E-state index contributed by atoms with van der Waals surface area (Å²) in [5, 5.41) is 9.37. The Balaban J connectivity index is 1.60. The molecule has 0 saturated carbocycles. The molecule has 0 aliphatic rings. The number of hydrogen-bond donors (Lipinski definition) is 2. The second-order valence-corrected chi connectivity index (χ2v) is 6.60. The highest BCUT2D eigenvalue weighted by Crippen LogP contribution is 2.31. The van der Waals surface area contributed by atoms with E-state index in [2.05, 4.69) is 75.9 Å². The maximum Gasteiger partial charge on any atom is 0.222 e. The highest BCUT2D eigenvalue weighted by Gasteiger charge is 2.09. The minimum absolute atomic E-state index is 0.633. The van der Waals surface area contributed by atoms with Crippen LogP contribution < -0.4 is 5.43 Å². The molecule has 0 saturated heterocycles. The lowest BCUT2D eigenvalue weighted by Crippen LogP contribution is -1.95. The number of aromatic amines is 1. The number of nitrogens with one attached hydrogen (secondary N) is 2. The van der Waals surface area contributed by atoms with Crippen LogP contribution in [0.5, 0.6) is 0 Å². The predicted octanol–water partition coefficient (Wildman–Crippen LogP) is 5.62. The van der Waals surface area contributed by atoms with Gasteiger partial charge < -0.3 is 4.98 Å². The molecule has 4 heteroatoms. The number of anilines is 1. The van der Waals surface area contributed by atoms with E-state index in [0.29, 0.717) is 5.95 Å². The molecule has 1 aromatic heterocycles. The molecule has 4 nitrogen and oxygen atoms in total. The van der Waals surface area contributed by atoms with Crippen molar-refractivity contribution < 1.29 is 0 Å². The number of aromatic nitrogens is 2. The molecule has 1 heterocycles. The number of hydrazone groups is 1.